The fourth-order valence-corrected chi connectivity index (χ4v) is 3.03. The Labute approximate surface area is 152 Å². The minimum Gasteiger partial charge on any atom is -0.354 e. The molecule has 132 valence electrons. The van der Waals surface area contributed by atoms with Gasteiger partial charge in [-0.25, -0.2) is 9.97 Å². The maximum absolute atomic E-state index is 4.67. The summed E-state index contributed by atoms with van der Waals surface area (Å²) >= 11 is 0. The molecule has 1 aromatic carbocycles. The summed E-state index contributed by atoms with van der Waals surface area (Å²) in [6, 6.07) is 14.4. The van der Waals surface area contributed by atoms with E-state index in [1.807, 2.05) is 29.3 Å². The summed E-state index contributed by atoms with van der Waals surface area (Å²) in [6.07, 6.45) is 5.12. The lowest BCUT2D eigenvalue weighted by molar-refractivity contribution is 0.585. The zero-order valence-corrected chi connectivity index (χ0v) is 14.5. The number of anilines is 3. The number of hydrogen-bond donors (Lipinski definition) is 1. The molecule has 26 heavy (non-hydrogen) atoms. The summed E-state index contributed by atoms with van der Waals surface area (Å²) in [5.41, 5.74) is 2.12. The van der Waals surface area contributed by atoms with Crippen molar-refractivity contribution in [1.82, 2.24) is 25.5 Å². The average molecular weight is 347 g/mol. The molecule has 1 fully saturated rings. The summed E-state index contributed by atoms with van der Waals surface area (Å²) < 4.78 is 0. The smallest absolute Gasteiger partial charge is 0.250 e. The Balaban J connectivity index is 1.61. The first-order valence-corrected chi connectivity index (χ1v) is 8.77. The molecule has 0 saturated carbocycles. The van der Waals surface area contributed by atoms with Crippen LogP contribution in [0.25, 0.3) is 0 Å². The predicted octanol–water partition coefficient (Wildman–Crippen LogP) is 2.01. The molecule has 3 aromatic rings. The average Bonchev–Trinajstić information content (AvgIpc) is 2.74. The molecule has 1 saturated heterocycles. The predicted molar refractivity (Wildman–Crippen MR) is 101 cm³/mol. The van der Waals surface area contributed by atoms with Gasteiger partial charge in [0.25, 0.3) is 0 Å². The number of benzene rings is 1. The molecule has 2 aromatic heterocycles. The molecule has 3 heterocycles. The van der Waals surface area contributed by atoms with Gasteiger partial charge in [0.1, 0.15) is 5.82 Å². The third kappa shape index (κ3) is 3.78. The second kappa shape index (κ2) is 7.88. The Morgan fingerprint density at radius 2 is 1.81 bits per heavy atom. The van der Waals surface area contributed by atoms with Crippen molar-refractivity contribution in [1.29, 1.82) is 0 Å². The molecule has 0 bridgehead atoms. The molecule has 1 N–H and O–H groups in total. The van der Waals surface area contributed by atoms with Crippen molar-refractivity contribution in [3.05, 3.63) is 66.6 Å². The van der Waals surface area contributed by atoms with Crippen LogP contribution in [0.5, 0.6) is 0 Å². The summed E-state index contributed by atoms with van der Waals surface area (Å²) in [6.45, 7) is 4.60. The maximum Gasteiger partial charge on any atom is 0.250 e. The first-order chi connectivity index (χ1) is 12.9. The van der Waals surface area contributed by atoms with E-state index < -0.39 is 0 Å². The van der Waals surface area contributed by atoms with E-state index >= 15 is 0 Å². The lowest BCUT2D eigenvalue weighted by atomic mass is 10.2. The molecule has 0 unspecified atom stereocenters. The Kier molecular flexibility index (Phi) is 4.97. The van der Waals surface area contributed by atoms with Crippen molar-refractivity contribution in [2.45, 2.75) is 6.54 Å². The molecule has 7 heteroatoms. The Morgan fingerprint density at radius 1 is 0.962 bits per heavy atom. The van der Waals surface area contributed by atoms with Crippen LogP contribution in [0.3, 0.4) is 0 Å². The molecular weight excluding hydrogens is 326 g/mol. The first kappa shape index (κ1) is 16.4. The third-order valence-corrected chi connectivity index (χ3v) is 4.38. The van der Waals surface area contributed by atoms with E-state index in [1.54, 1.807) is 12.4 Å². The van der Waals surface area contributed by atoms with Crippen LogP contribution in [-0.2, 0) is 6.54 Å². The highest BCUT2D eigenvalue weighted by Gasteiger charge is 2.16. The summed E-state index contributed by atoms with van der Waals surface area (Å²) in [7, 11) is 0. The van der Waals surface area contributed by atoms with E-state index in [0.717, 1.165) is 37.7 Å². The quantitative estimate of drug-likeness (QED) is 0.757. The first-order valence-electron chi connectivity index (χ1n) is 8.77. The van der Waals surface area contributed by atoms with Crippen molar-refractivity contribution in [2.24, 2.45) is 0 Å². The zero-order valence-electron chi connectivity index (χ0n) is 14.5. The van der Waals surface area contributed by atoms with Gasteiger partial charge in [0.05, 0.1) is 30.8 Å². The van der Waals surface area contributed by atoms with E-state index in [2.05, 4.69) is 54.6 Å². The second-order valence-electron chi connectivity index (χ2n) is 6.13. The minimum absolute atomic E-state index is 0.563. The van der Waals surface area contributed by atoms with Crippen LogP contribution in [0, 0.1) is 0 Å². The molecule has 4 rings (SSSR count). The van der Waals surface area contributed by atoms with Crippen molar-refractivity contribution in [3.8, 4) is 0 Å². The molecule has 0 atom stereocenters. The van der Waals surface area contributed by atoms with Crippen LogP contribution in [0.4, 0.5) is 17.5 Å². The van der Waals surface area contributed by atoms with Gasteiger partial charge in [-0.3, -0.25) is 0 Å². The van der Waals surface area contributed by atoms with Gasteiger partial charge in [-0.05, 0) is 17.7 Å². The number of aromatic nitrogens is 4. The molecule has 0 amide bonds. The standard InChI is InChI=1S/C19H21N7/c1-2-4-16(5-3-1)15-26(19-21-8-9-23-24-19)17-6-7-18(22-14-17)25-12-10-20-11-13-25/h1-9,14,20H,10-13,15H2. The van der Waals surface area contributed by atoms with E-state index in [9.17, 15) is 0 Å². The molecule has 0 aliphatic carbocycles. The lowest BCUT2D eigenvalue weighted by Gasteiger charge is -2.29. The van der Waals surface area contributed by atoms with E-state index in [4.69, 9.17) is 0 Å². The van der Waals surface area contributed by atoms with Gasteiger partial charge in [0.2, 0.25) is 5.95 Å². The van der Waals surface area contributed by atoms with E-state index in [0.29, 0.717) is 12.5 Å². The number of nitrogens with zero attached hydrogens (tertiary/aromatic N) is 6. The number of piperazine rings is 1. The van der Waals surface area contributed by atoms with E-state index in [1.165, 1.54) is 5.56 Å². The minimum atomic E-state index is 0.563. The lowest BCUT2D eigenvalue weighted by Crippen LogP contribution is -2.43. The summed E-state index contributed by atoms with van der Waals surface area (Å²) in [5.74, 6) is 1.56. The van der Waals surface area contributed by atoms with Crippen molar-refractivity contribution < 1.29 is 0 Å². The molecule has 1 aliphatic rings. The van der Waals surface area contributed by atoms with Crippen LogP contribution in [0.2, 0.25) is 0 Å². The maximum atomic E-state index is 4.67. The van der Waals surface area contributed by atoms with Crippen molar-refractivity contribution >= 4 is 17.5 Å². The van der Waals surface area contributed by atoms with E-state index in [-0.39, 0.29) is 0 Å². The topological polar surface area (TPSA) is 70.1 Å². The summed E-state index contributed by atoms with van der Waals surface area (Å²) in [4.78, 5) is 13.4. The van der Waals surface area contributed by atoms with Gasteiger partial charge in [-0.2, -0.15) is 5.10 Å². The van der Waals surface area contributed by atoms with Gasteiger partial charge in [0, 0.05) is 26.2 Å². The Bertz CT molecular complexity index is 802. The number of rotatable bonds is 5. The van der Waals surface area contributed by atoms with Gasteiger partial charge in [-0.15, -0.1) is 5.10 Å². The highest BCUT2D eigenvalue weighted by molar-refractivity contribution is 5.58. The number of hydrogen-bond acceptors (Lipinski definition) is 7. The molecule has 7 nitrogen and oxygen atoms in total. The van der Waals surface area contributed by atoms with Crippen LogP contribution in [0.1, 0.15) is 5.56 Å². The molecule has 1 aliphatic heterocycles. The van der Waals surface area contributed by atoms with Crippen molar-refractivity contribution in [2.75, 3.05) is 36.0 Å². The van der Waals surface area contributed by atoms with Gasteiger partial charge in [-0.1, -0.05) is 30.3 Å². The largest absolute Gasteiger partial charge is 0.354 e. The van der Waals surface area contributed by atoms with Gasteiger partial charge in [0.15, 0.2) is 0 Å². The molecule has 0 radical (unpaired) electrons. The van der Waals surface area contributed by atoms with Crippen molar-refractivity contribution in [3.63, 3.8) is 0 Å². The van der Waals surface area contributed by atoms with Crippen LogP contribution < -0.4 is 15.1 Å². The fraction of sp³-hybridized carbons (Fsp3) is 0.263. The van der Waals surface area contributed by atoms with Crippen LogP contribution in [-0.4, -0.2) is 46.3 Å². The highest BCUT2D eigenvalue weighted by atomic mass is 15.3. The Morgan fingerprint density at radius 3 is 2.50 bits per heavy atom. The SMILES string of the molecule is c1ccc(CN(c2ccc(N3CCNCC3)nc2)c2nccnn2)cc1. The van der Waals surface area contributed by atoms with Crippen LogP contribution in [0.15, 0.2) is 61.1 Å². The number of nitrogens with one attached hydrogen (secondary N) is 1. The molecule has 0 spiro atoms. The summed E-state index contributed by atoms with van der Waals surface area (Å²) in [5, 5.41) is 11.5. The third-order valence-electron chi connectivity index (χ3n) is 4.38. The van der Waals surface area contributed by atoms with Gasteiger partial charge < -0.3 is 15.1 Å². The molecular formula is C19H21N7. The monoisotopic (exact) mass is 347 g/mol. The second-order valence-corrected chi connectivity index (χ2v) is 6.13. The Hall–Kier alpha value is -3.06. The van der Waals surface area contributed by atoms with Gasteiger partial charge >= 0.3 is 0 Å². The highest BCUT2D eigenvalue weighted by Crippen LogP contribution is 2.25. The zero-order chi connectivity index (χ0) is 17.6. The normalized spacial score (nSPS) is 14.2. The number of pyridine rings is 1. The fourth-order valence-electron chi connectivity index (χ4n) is 3.03. The van der Waals surface area contributed by atoms with Crippen LogP contribution >= 0.6 is 0 Å².